The van der Waals surface area contributed by atoms with Crippen LogP contribution in [0.4, 0.5) is 51.2 Å². The van der Waals surface area contributed by atoms with Crippen molar-refractivity contribution < 1.29 is 0 Å². The molecule has 0 fully saturated rings. The van der Waals surface area contributed by atoms with E-state index in [1.54, 1.807) is 0 Å². The summed E-state index contributed by atoms with van der Waals surface area (Å²) in [6.07, 6.45) is 0. The van der Waals surface area contributed by atoms with Crippen LogP contribution in [-0.4, -0.2) is 0 Å². The van der Waals surface area contributed by atoms with Gasteiger partial charge in [0.15, 0.2) is 0 Å². The zero-order chi connectivity index (χ0) is 54.2. The van der Waals surface area contributed by atoms with Crippen LogP contribution in [0, 0.1) is 0 Å². The van der Waals surface area contributed by atoms with Crippen LogP contribution in [0.15, 0.2) is 346 Å². The van der Waals surface area contributed by atoms with Gasteiger partial charge in [-0.25, -0.2) is 0 Å². The molecule has 0 unspecified atom stereocenters. The van der Waals surface area contributed by atoms with Gasteiger partial charge in [-0.3, -0.25) is 0 Å². The van der Waals surface area contributed by atoms with Crippen molar-refractivity contribution in [2.45, 2.75) is 0 Å². The maximum atomic E-state index is 2.40. The lowest BCUT2D eigenvalue weighted by molar-refractivity contribution is 1.28. The molecule has 0 spiro atoms. The van der Waals surface area contributed by atoms with E-state index in [1.807, 2.05) is 0 Å². The third-order valence-corrected chi connectivity index (χ3v) is 15.1. The lowest BCUT2D eigenvalue weighted by Gasteiger charge is -2.29. The molecule has 0 saturated heterocycles. The Morgan fingerprint density at radius 3 is 0.617 bits per heavy atom. The molecule has 81 heavy (non-hydrogen) atoms. The monoisotopic (exact) mass is 1040 g/mol. The van der Waals surface area contributed by atoms with Crippen LogP contribution in [0.25, 0.3) is 66.8 Å². The maximum Gasteiger partial charge on any atom is 0.0540 e. The van der Waals surface area contributed by atoms with Gasteiger partial charge in [0.1, 0.15) is 0 Å². The number of anilines is 9. The van der Waals surface area contributed by atoms with Crippen molar-refractivity contribution in [3.8, 4) is 66.8 Å². The average molecular weight is 1040 g/mol. The third-order valence-electron chi connectivity index (χ3n) is 15.1. The third kappa shape index (κ3) is 10.8. The first kappa shape index (κ1) is 49.8. The van der Waals surface area contributed by atoms with Gasteiger partial charge in [0.25, 0.3) is 0 Å². The van der Waals surface area contributed by atoms with Gasteiger partial charge in [-0.05, 0) is 170 Å². The van der Waals surface area contributed by atoms with E-state index >= 15 is 0 Å². The second-order valence-corrected chi connectivity index (χ2v) is 20.2. The summed E-state index contributed by atoms with van der Waals surface area (Å²) in [6.45, 7) is 0. The molecule has 384 valence electrons. The van der Waals surface area contributed by atoms with Crippen molar-refractivity contribution in [2.75, 3.05) is 14.7 Å². The topological polar surface area (TPSA) is 9.72 Å². The van der Waals surface area contributed by atoms with Gasteiger partial charge in [-0.2, -0.15) is 0 Å². The highest BCUT2D eigenvalue weighted by molar-refractivity contribution is 5.92. The molecular formula is C78H57N3. The molecule has 0 amide bonds. The normalized spacial score (nSPS) is 11.0. The summed E-state index contributed by atoms with van der Waals surface area (Å²) in [5, 5.41) is 0. The van der Waals surface area contributed by atoms with Gasteiger partial charge < -0.3 is 14.7 Å². The second-order valence-electron chi connectivity index (χ2n) is 20.2. The Labute approximate surface area is 475 Å². The minimum absolute atomic E-state index is 1.07. The number of rotatable bonds is 15. The van der Waals surface area contributed by atoms with E-state index in [4.69, 9.17) is 0 Å². The van der Waals surface area contributed by atoms with E-state index in [0.29, 0.717) is 0 Å². The molecular weight excluding hydrogens is 979 g/mol. The van der Waals surface area contributed by atoms with Crippen molar-refractivity contribution in [3.63, 3.8) is 0 Å². The molecule has 13 aromatic rings. The van der Waals surface area contributed by atoms with Gasteiger partial charge in [-0.1, -0.05) is 237 Å². The second kappa shape index (κ2) is 23.1. The fraction of sp³-hybridized carbons (Fsp3) is 0. The van der Waals surface area contributed by atoms with E-state index in [-0.39, 0.29) is 0 Å². The summed E-state index contributed by atoms with van der Waals surface area (Å²) in [7, 11) is 0. The molecule has 0 aliphatic heterocycles. The number of nitrogens with zero attached hydrogens (tertiary/aromatic N) is 3. The van der Waals surface area contributed by atoms with E-state index in [0.717, 1.165) is 84.6 Å². The van der Waals surface area contributed by atoms with Gasteiger partial charge >= 0.3 is 0 Å². The van der Waals surface area contributed by atoms with Crippen LogP contribution in [0.5, 0.6) is 0 Å². The molecule has 3 heteroatoms. The van der Waals surface area contributed by atoms with Gasteiger partial charge in [0, 0.05) is 51.1 Å². The van der Waals surface area contributed by atoms with Crippen LogP contribution in [0.2, 0.25) is 0 Å². The van der Waals surface area contributed by atoms with Crippen LogP contribution < -0.4 is 14.7 Å². The predicted octanol–water partition coefficient (Wildman–Crippen LogP) is 22.1. The highest BCUT2D eigenvalue weighted by Crippen LogP contribution is 2.44. The van der Waals surface area contributed by atoms with Crippen molar-refractivity contribution in [3.05, 3.63) is 346 Å². The standard InChI is InChI=1S/C78H57N3/c1-7-19-58(20-8-1)68-47-56-78(77(57-68)67-21-9-2-10-22-67)81(75-52-43-65(44-53-75)61-35-31-59(32-36-61)63-39-48-73(49-40-63)79(69-23-11-3-12-24-69)70-25-13-4-14-26-70)76-54-45-66(46-55-76)62-37-33-60(34-38-62)64-41-50-74(51-42-64)80(71-27-15-5-16-28-71)72-29-17-6-18-30-72/h1-57H. The molecule has 0 bridgehead atoms. The van der Waals surface area contributed by atoms with E-state index in [2.05, 4.69) is 360 Å². The summed E-state index contributed by atoms with van der Waals surface area (Å²) in [5.74, 6) is 0. The summed E-state index contributed by atoms with van der Waals surface area (Å²) >= 11 is 0. The Morgan fingerprint density at radius 2 is 0.333 bits per heavy atom. The van der Waals surface area contributed by atoms with Crippen LogP contribution in [0.1, 0.15) is 0 Å². The molecule has 0 aliphatic carbocycles. The highest BCUT2D eigenvalue weighted by Gasteiger charge is 2.20. The van der Waals surface area contributed by atoms with Crippen LogP contribution >= 0.6 is 0 Å². The first-order valence-corrected chi connectivity index (χ1v) is 27.6. The fourth-order valence-corrected chi connectivity index (χ4v) is 10.9. The summed E-state index contributed by atoms with van der Waals surface area (Å²) in [4.78, 5) is 6.99. The first-order chi connectivity index (χ1) is 40.2. The highest BCUT2D eigenvalue weighted by atomic mass is 15.2. The smallest absolute Gasteiger partial charge is 0.0540 e. The molecule has 0 atom stereocenters. The minimum Gasteiger partial charge on any atom is -0.311 e. The summed E-state index contributed by atoms with van der Waals surface area (Å²) in [5.41, 5.74) is 23.9. The Hall–Kier alpha value is -10.7. The molecule has 0 heterocycles. The first-order valence-electron chi connectivity index (χ1n) is 27.6. The lowest BCUT2D eigenvalue weighted by Crippen LogP contribution is -2.11. The van der Waals surface area contributed by atoms with Crippen molar-refractivity contribution in [2.24, 2.45) is 0 Å². The number of hydrogen-bond acceptors (Lipinski definition) is 3. The molecule has 0 aliphatic rings. The Bertz CT molecular complexity index is 3830. The molecule has 13 aromatic carbocycles. The largest absolute Gasteiger partial charge is 0.311 e. The number of hydrogen-bond donors (Lipinski definition) is 0. The van der Waals surface area contributed by atoms with Crippen molar-refractivity contribution in [1.82, 2.24) is 0 Å². The van der Waals surface area contributed by atoms with Gasteiger partial charge in [0.05, 0.1) is 5.69 Å². The number of para-hydroxylation sites is 4. The van der Waals surface area contributed by atoms with Crippen molar-refractivity contribution in [1.29, 1.82) is 0 Å². The SMILES string of the molecule is c1ccc(-c2ccc(N(c3ccc(-c4ccc(-c5ccc(N(c6ccccc6)c6ccccc6)cc5)cc4)cc3)c3ccc(-c4ccc(-c5ccc(N(c6ccccc6)c6ccccc6)cc5)cc4)cc3)c(-c3ccccc3)c2)cc1. The van der Waals surface area contributed by atoms with Crippen LogP contribution in [-0.2, 0) is 0 Å². The van der Waals surface area contributed by atoms with Gasteiger partial charge in [0.2, 0.25) is 0 Å². The van der Waals surface area contributed by atoms with Gasteiger partial charge in [-0.15, -0.1) is 0 Å². The van der Waals surface area contributed by atoms with Crippen molar-refractivity contribution >= 4 is 51.2 Å². The van der Waals surface area contributed by atoms with E-state index in [1.165, 1.54) is 33.4 Å². The number of benzene rings is 13. The average Bonchev–Trinajstić information content (AvgIpc) is 3.63. The molecule has 0 N–H and O–H groups in total. The Balaban J connectivity index is 0.792. The zero-order valence-electron chi connectivity index (χ0n) is 44.8. The summed E-state index contributed by atoms with van der Waals surface area (Å²) in [6, 6.07) is 124. The quantitative estimate of drug-likeness (QED) is 0.101. The summed E-state index contributed by atoms with van der Waals surface area (Å²) < 4.78 is 0. The predicted molar refractivity (Wildman–Crippen MR) is 343 cm³/mol. The van der Waals surface area contributed by atoms with Crippen LogP contribution in [0.3, 0.4) is 0 Å². The molecule has 13 rings (SSSR count). The fourth-order valence-electron chi connectivity index (χ4n) is 10.9. The molecule has 0 aromatic heterocycles. The Morgan fingerprint density at radius 1 is 0.136 bits per heavy atom. The minimum atomic E-state index is 1.07. The lowest BCUT2D eigenvalue weighted by atomic mass is 9.95. The molecule has 0 radical (unpaired) electrons. The van der Waals surface area contributed by atoms with E-state index in [9.17, 15) is 0 Å². The zero-order valence-corrected chi connectivity index (χ0v) is 44.8. The molecule has 0 saturated carbocycles. The van der Waals surface area contributed by atoms with E-state index < -0.39 is 0 Å². The maximum absolute atomic E-state index is 2.40. The Kier molecular flexibility index (Phi) is 14.2. The molecule has 3 nitrogen and oxygen atoms in total.